The quantitative estimate of drug-likeness (QED) is 0.458. The van der Waals surface area contributed by atoms with Crippen LogP contribution in [0.5, 0.6) is 0 Å². The molecule has 1 aliphatic rings. The van der Waals surface area contributed by atoms with Crippen LogP contribution in [-0.2, 0) is 27.3 Å². The van der Waals surface area contributed by atoms with Gasteiger partial charge in [-0.3, -0.25) is 19.1 Å². The van der Waals surface area contributed by atoms with E-state index in [1.165, 1.54) is 13.1 Å². The molecule has 4 rings (SSSR count). The fraction of sp³-hybridized carbons (Fsp3) is 0.346. The lowest BCUT2D eigenvalue weighted by Gasteiger charge is -2.15. The summed E-state index contributed by atoms with van der Waals surface area (Å²) in [5, 5.41) is 10.6. The Kier molecular flexibility index (Phi) is 6.76. The Morgan fingerprint density at radius 2 is 1.91 bits per heavy atom. The summed E-state index contributed by atoms with van der Waals surface area (Å²) in [6.45, 7) is 8.39. The molecule has 2 N–H and O–H groups in total. The first-order valence-corrected chi connectivity index (χ1v) is 11.8. The van der Waals surface area contributed by atoms with Gasteiger partial charge in [0.1, 0.15) is 11.6 Å². The molecule has 3 heterocycles. The van der Waals surface area contributed by atoms with Crippen LogP contribution in [0.15, 0.2) is 42.7 Å². The van der Waals surface area contributed by atoms with Crippen LogP contribution in [-0.4, -0.2) is 32.4 Å². The number of halogens is 1. The standard InChI is InChI=1S/C26H28ClN5O3/c1-15(33)8-24(34)30-18-7-5-6-17(9-18)16(2)25(35)31-23-10-19(21(27)13-28-23)20-12-29-32-14-26(3,4)11-22(20)32/h5-7,9-10,12-13,16H,8,11,14H2,1-4H3,(H,30,34)(H,28,31,35)/t16-/m0/s1. The Morgan fingerprint density at radius 3 is 2.66 bits per heavy atom. The van der Waals surface area contributed by atoms with Crippen LogP contribution in [0.1, 0.15) is 51.3 Å². The third-order valence-corrected chi connectivity index (χ3v) is 6.34. The maximum atomic E-state index is 13.0. The second-order valence-corrected chi connectivity index (χ2v) is 10.2. The number of carbonyl (C=O) groups excluding carboxylic acids is 3. The van der Waals surface area contributed by atoms with Gasteiger partial charge in [0, 0.05) is 35.2 Å². The van der Waals surface area contributed by atoms with Gasteiger partial charge in [-0.25, -0.2) is 4.98 Å². The number of pyridine rings is 1. The zero-order chi connectivity index (χ0) is 25.3. The molecule has 3 aromatic rings. The lowest BCUT2D eigenvalue weighted by atomic mass is 9.89. The Labute approximate surface area is 209 Å². The Bertz CT molecular complexity index is 1310. The molecule has 0 unspecified atom stereocenters. The van der Waals surface area contributed by atoms with Crippen molar-refractivity contribution < 1.29 is 14.4 Å². The number of hydrogen-bond acceptors (Lipinski definition) is 5. The molecule has 2 amide bonds. The van der Waals surface area contributed by atoms with Crippen LogP contribution in [0.3, 0.4) is 0 Å². The number of benzene rings is 1. The van der Waals surface area contributed by atoms with E-state index in [1.54, 1.807) is 31.2 Å². The van der Waals surface area contributed by atoms with Gasteiger partial charge in [-0.05, 0) is 49.4 Å². The number of nitrogens with zero attached hydrogens (tertiary/aromatic N) is 3. The largest absolute Gasteiger partial charge is 0.326 e. The van der Waals surface area contributed by atoms with Crippen LogP contribution in [0.4, 0.5) is 11.5 Å². The summed E-state index contributed by atoms with van der Waals surface area (Å²) in [6, 6.07) is 8.77. The highest BCUT2D eigenvalue weighted by molar-refractivity contribution is 6.33. The lowest BCUT2D eigenvalue weighted by molar-refractivity contribution is -0.124. The van der Waals surface area contributed by atoms with Gasteiger partial charge in [-0.2, -0.15) is 5.10 Å². The summed E-state index contributed by atoms with van der Waals surface area (Å²) in [6.07, 6.45) is 4.04. The molecule has 0 fully saturated rings. The van der Waals surface area contributed by atoms with Gasteiger partial charge in [-0.15, -0.1) is 0 Å². The molecule has 8 nitrogen and oxygen atoms in total. The van der Waals surface area contributed by atoms with Crippen molar-refractivity contribution in [2.45, 2.75) is 53.0 Å². The number of anilines is 2. The molecule has 0 saturated heterocycles. The molecule has 1 atom stereocenters. The van der Waals surface area contributed by atoms with Gasteiger partial charge in [0.05, 0.1) is 23.6 Å². The normalized spacial score (nSPS) is 14.8. The fourth-order valence-corrected chi connectivity index (χ4v) is 4.49. The number of ketones is 1. The second kappa shape index (κ2) is 9.62. The molecule has 0 radical (unpaired) electrons. The van der Waals surface area contributed by atoms with Gasteiger partial charge in [-0.1, -0.05) is 37.6 Å². The van der Waals surface area contributed by atoms with Crippen molar-refractivity contribution in [1.29, 1.82) is 0 Å². The van der Waals surface area contributed by atoms with Crippen LogP contribution in [0.2, 0.25) is 5.02 Å². The zero-order valence-electron chi connectivity index (χ0n) is 20.2. The predicted molar refractivity (Wildman–Crippen MR) is 135 cm³/mol. The minimum atomic E-state index is -0.512. The monoisotopic (exact) mass is 493 g/mol. The van der Waals surface area contributed by atoms with Crippen LogP contribution < -0.4 is 10.6 Å². The van der Waals surface area contributed by atoms with Crippen molar-refractivity contribution in [3.63, 3.8) is 0 Å². The summed E-state index contributed by atoms with van der Waals surface area (Å²) >= 11 is 6.48. The third-order valence-electron chi connectivity index (χ3n) is 6.04. The highest BCUT2D eigenvalue weighted by atomic mass is 35.5. The van der Waals surface area contributed by atoms with E-state index in [-0.39, 0.29) is 29.4 Å². The van der Waals surface area contributed by atoms with E-state index in [0.717, 1.165) is 29.8 Å². The van der Waals surface area contributed by atoms with Gasteiger partial charge in [0.25, 0.3) is 0 Å². The maximum absolute atomic E-state index is 13.0. The van der Waals surface area contributed by atoms with E-state index in [2.05, 4.69) is 34.6 Å². The molecule has 9 heteroatoms. The molecule has 0 aliphatic carbocycles. The van der Waals surface area contributed by atoms with Gasteiger partial charge in [0.15, 0.2) is 0 Å². The Morgan fingerprint density at radius 1 is 1.14 bits per heavy atom. The molecule has 182 valence electrons. The number of nitrogens with one attached hydrogen (secondary N) is 2. The van der Waals surface area contributed by atoms with Crippen LogP contribution in [0, 0.1) is 5.41 Å². The lowest BCUT2D eigenvalue weighted by Crippen LogP contribution is -2.20. The number of aromatic nitrogens is 3. The first-order valence-electron chi connectivity index (χ1n) is 11.4. The summed E-state index contributed by atoms with van der Waals surface area (Å²) in [4.78, 5) is 40.4. The molecule has 0 saturated carbocycles. The zero-order valence-corrected chi connectivity index (χ0v) is 20.9. The average Bonchev–Trinajstić information content (AvgIpc) is 3.29. The van der Waals surface area contributed by atoms with Crippen molar-refractivity contribution in [3.05, 3.63) is 59.0 Å². The minimum Gasteiger partial charge on any atom is -0.326 e. The van der Waals surface area contributed by atoms with E-state index >= 15 is 0 Å². The number of Topliss-reactive ketones (excluding diaryl/α,β-unsaturated/α-hetero) is 1. The first-order chi connectivity index (χ1) is 16.5. The molecular formula is C26H28ClN5O3. The highest BCUT2D eigenvalue weighted by Crippen LogP contribution is 2.39. The van der Waals surface area contributed by atoms with Crippen molar-refractivity contribution in [2.24, 2.45) is 5.41 Å². The number of hydrogen-bond donors (Lipinski definition) is 2. The van der Waals surface area contributed by atoms with Crippen LogP contribution in [0.25, 0.3) is 11.1 Å². The van der Waals surface area contributed by atoms with Crippen molar-refractivity contribution in [1.82, 2.24) is 14.8 Å². The summed E-state index contributed by atoms with van der Waals surface area (Å²) in [5.74, 6) is -0.976. The minimum absolute atomic E-state index is 0.129. The summed E-state index contributed by atoms with van der Waals surface area (Å²) < 4.78 is 2.01. The second-order valence-electron chi connectivity index (χ2n) is 9.82. The van der Waals surface area contributed by atoms with E-state index in [1.807, 2.05) is 16.9 Å². The smallest absolute Gasteiger partial charge is 0.232 e. The summed E-state index contributed by atoms with van der Waals surface area (Å²) in [7, 11) is 0. The molecule has 1 aliphatic heterocycles. The van der Waals surface area contributed by atoms with Crippen molar-refractivity contribution >= 4 is 40.7 Å². The number of amides is 2. The number of carbonyl (C=O) groups is 3. The SMILES string of the molecule is CC(=O)CC(=O)Nc1cccc([C@H](C)C(=O)Nc2cc(-c3cnn4c3CC(C)(C)C4)c(Cl)cn2)c1. The van der Waals surface area contributed by atoms with Gasteiger partial charge < -0.3 is 10.6 Å². The van der Waals surface area contributed by atoms with Gasteiger partial charge in [0.2, 0.25) is 11.8 Å². The predicted octanol–water partition coefficient (Wildman–Crippen LogP) is 4.84. The molecule has 0 spiro atoms. The Hall–Kier alpha value is -3.52. The maximum Gasteiger partial charge on any atom is 0.232 e. The highest BCUT2D eigenvalue weighted by Gasteiger charge is 2.32. The number of fused-ring (bicyclic) bond motifs is 1. The molecule has 35 heavy (non-hydrogen) atoms. The van der Waals surface area contributed by atoms with Crippen LogP contribution >= 0.6 is 11.6 Å². The fourth-order valence-electron chi connectivity index (χ4n) is 4.29. The molecular weight excluding hydrogens is 466 g/mol. The summed E-state index contributed by atoms with van der Waals surface area (Å²) in [5.41, 5.74) is 4.22. The third kappa shape index (κ3) is 5.59. The molecule has 0 bridgehead atoms. The molecule has 1 aromatic carbocycles. The first kappa shape index (κ1) is 24.6. The van der Waals surface area contributed by atoms with E-state index < -0.39 is 5.92 Å². The van der Waals surface area contributed by atoms with E-state index in [9.17, 15) is 14.4 Å². The molecule has 2 aromatic heterocycles. The van der Waals surface area contributed by atoms with Crippen molar-refractivity contribution in [2.75, 3.05) is 10.6 Å². The average molecular weight is 494 g/mol. The van der Waals surface area contributed by atoms with E-state index in [4.69, 9.17) is 11.6 Å². The number of rotatable bonds is 7. The Balaban J connectivity index is 1.50. The topological polar surface area (TPSA) is 106 Å². The van der Waals surface area contributed by atoms with Gasteiger partial charge >= 0.3 is 0 Å². The van der Waals surface area contributed by atoms with E-state index in [0.29, 0.717) is 22.1 Å². The van der Waals surface area contributed by atoms with Crippen molar-refractivity contribution in [3.8, 4) is 11.1 Å².